The molecule has 1 saturated carbocycles. The largest absolute Gasteiger partial charge is 0.391 e. The maximum atomic E-state index is 13.1. The van der Waals surface area contributed by atoms with E-state index in [1.54, 1.807) is 13.1 Å². The molecule has 2 unspecified atom stereocenters. The summed E-state index contributed by atoms with van der Waals surface area (Å²) in [7, 11) is 0. The van der Waals surface area contributed by atoms with Crippen LogP contribution >= 0.6 is 0 Å². The Hall–Kier alpha value is -0.770. The first-order chi connectivity index (χ1) is 7.94. The molecule has 0 saturated heterocycles. The van der Waals surface area contributed by atoms with Gasteiger partial charge in [0.05, 0.1) is 6.10 Å². The molecule has 0 bridgehead atoms. The first kappa shape index (κ1) is 12.7. The second-order valence-corrected chi connectivity index (χ2v) is 5.31. The monoisotopic (exact) mass is 243 g/mol. The highest BCUT2D eigenvalue weighted by Gasteiger charge is 2.40. The van der Waals surface area contributed by atoms with Crippen molar-refractivity contribution in [2.45, 2.75) is 56.6 Å². The van der Waals surface area contributed by atoms with Gasteiger partial charge in [-0.1, -0.05) is 6.08 Å². The Morgan fingerprint density at radius 1 is 1.41 bits per heavy atom. The molecule has 2 aliphatic rings. The van der Waals surface area contributed by atoms with E-state index in [1.807, 2.05) is 12.2 Å². The first-order valence-electron chi connectivity index (χ1n) is 6.22. The number of nitrogens with zero attached hydrogens (tertiary/aromatic N) is 1. The second kappa shape index (κ2) is 4.48. The van der Waals surface area contributed by atoms with E-state index in [4.69, 9.17) is 0 Å². The third-order valence-corrected chi connectivity index (χ3v) is 3.96. The number of rotatable bonds is 3. The maximum absolute atomic E-state index is 13.1. The summed E-state index contributed by atoms with van der Waals surface area (Å²) in [6.07, 6.45) is 6.52. The Labute approximate surface area is 100 Å². The summed E-state index contributed by atoms with van der Waals surface area (Å²) in [4.78, 5) is 4.32. The Kier molecular flexibility index (Phi) is 3.34. The molecule has 0 aromatic heterocycles. The van der Waals surface area contributed by atoms with Crippen molar-refractivity contribution < 1.29 is 13.9 Å². The van der Waals surface area contributed by atoms with Crippen LogP contribution in [0.4, 0.5) is 8.78 Å². The summed E-state index contributed by atoms with van der Waals surface area (Å²) in [5.74, 6) is -2.24. The van der Waals surface area contributed by atoms with Crippen LogP contribution in [0.5, 0.6) is 0 Å². The van der Waals surface area contributed by atoms with Gasteiger partial charge in [0, 0.05) is 19.1 Å². The minimum atomic E-state index is -2.48. The van der Waals surface area contributed by atoms with Crippen LogP contribution in [-0.2, 0) is 0 Å². The smallest absolute Gasteiger partial charge is 0.248 e. The minimum absolute atomic E-state index is 0.0268. The molecule has 0 amide bonds. The predicted octanol–water partition coefficient (Wildman–Crippen LogP) is 2.96. The zero-order chi connectivity index (χ0) is 12.5. The van der Waals surface area contributed by atoms with Gasteiger partial charge in [-0.15, -0.1) is 0 Å². The molecular formula is C13H19F2NO. The van der Waals surface area contributed by atoms with Crippen molar-refractivity contribution >= 4 is 6.21 Å². The summed E-state index contributed by atoms with van der Waals surface area (Å²) in [5, 5.41) is 9.82. The molecule has 1 fully saturated rings. The number of aliphatic imine (C=N–C) groups is 1. The van der Waals surface area contributed by atoms with Crippen molar-refractivity contribution in [2.24, 2.45) is 10.9 Å². The van der Waals surface area contributed by atoms with Gasteiger partial charge < -0.3 is 5.11 Å². The van der Waals surface area contributed by atoms with Crippen LogP contribution in [0, 0.1) is 5.92 Å². The fourth-order valence-electron chi connectivity index (χ4n) is 2.74. The van der Waals surface area contributed by atoms with E-state index in [2.05, 4.69) is 4.99 Å². The zero-order valence-electron chi connectivity index (χ0n) is 10.1. The van der Waals surface area contributed by atoms with Crippen LogP contribution in [-0.4, -0.2) is 28.9 Å². The van der Waals surface area contributed by atoms with Crippen LogP contribution in [0.1, 0.15) is 39.0 Å². The molecule has 4 heteroatoms. The number of hydrogen-bond acceptors (Lipinski definition) is 2. The van der Waals surface area contributed by atoms with Crippen LogP contribution in [0.25, 0.3) is 0 Å². The Morgan fingerprint density at radius 3 is 2.53 bits per heavy atom. The van der Waals surface area contributed by atoms with Crippen LogP contribution in [0.15, 0.2) is 17.1 Å². The van der Waals surface area contributed by atoms with Gasteiger partial charge in [-0.2, -0.15) is 0 Å². The zero-order valence-corrected chi connectivity index (χ0v) is 10.1. The SMILES string of the molecule is CC(O)C1(CC2CCC(F)(F)CC2)C=CC=N1. The average Bonchev–Trinajstić information content (AvgIpc) is 2.71. The lowest BCUT2D eigenvalue weighted by atomic mass is 9.77. The van der Waals surface area contributed by atoms with Crippen LogP contribution in [0.3, 0.4) is 0 Å². The molecule has 2 atom stereocenters. The molecule has 96 valence electrons. The van der Waals surface area contributed by atoms with Gasteiger partial charge in [0.15, 0.2) is 0 Å². The lowest BCUT2D eigenvalue weighted by Crippen LogP contribution is -2.39. The van der Waals surface area contributed by atoms with Gasteiger partial charge in [-0.05, 0) is 38.2 Å². The van der Waals surface area contributed by atoms with E-state index in [1.165, 1.54) is 0 Å². The highest BCUT2D eigenvalue weighted by atomic mass is 19.3. The lowest BCUT2D eigenvalue weighted by Gasteiger charge is -2.35. The molecule has 1 aliphatic carbocycles. The van der Waals surface area contributed by atoms with Crippen molar-refractivity contribution in [1.29, 1.82) is 0 Å². The van der Waals surface area contributed by atoms with E-state index in [9.17, 15) is 13.9 Å². The van der Waals surface area contributed by atoms with Gasteiger partial charge >= 0.3 is 0 Å². The van der Waals surface area contributed by atoms with E-state index in [0.717, 1.165) is 0 Å². The van der Waals surface area contributed by atoms with Gasteiger partial charge in [0.1, 0.15) is 5.54 Å². The van der Waals surface area contributed by atoms with Gasteiger partial charge in [0.2, 0.25) is 5.92 Å². The van der Waals surface area contributed by atoms with E-state index < -0.39 is 17.6 Å². The normalized spacial score (nSPS) is 34.1. The maximum Gasteiger partial charge on any atom is 0.248 e. The van der Waals surface area contributed by atoms with Crippen LogP contribution < -0.4 is 0 Å². The molecular weight excluding hydrogens is 224 g/mol. The second-order valence-electron chi connectivity index (χ2n) is 5.31. The highest BCUT2D eigenvalue weighted by molar-refractivity contribution is 5.75. The molecule has 17 heavy (non-hydrogen) atoms. The molecule has 0 spiro atoms. The fourth-order valence-corrected chi connectivity index (χ4v) is 2.74. The Morgan fingerprint density at radius 2 is 2.06 bits per heavy atom. The molecule has 0 aromatic carbocycles. The number of aliphatic hydroxyl groups is 1. The average molecular weight is 243 g/mol. The third kappa shape index (κ3) is 2.73. The minimum Gasteiger partial charge on any atom is -0.391 e. The quantitative estimate of drug-likeness (QED) is 0.812. The van der Waals surface area contributed by atoms with Gasteiger partial charge in [-0.25, -0.2) is 8.78 Å². The van der Waals surface area contributed by atoms with E-state index in [-0.39, 0.29) is 18.8 Å². The van der Waals surface area contributed by atoms with Crippen molar-refractivity contribution in [1.82, 2.24) is 0 Å². The van der Waals surface area contributed by atoms with E-state index >= 15 is 0 Å². The molecule has 2 rings (SSSR count). The number of alkyl halides is 2. The molecule has 1 heterocycles. The standard InChI is InChI=1S/C13H19F2NO/c1-10(17)12(5-2-8-16-12)9-11-3-6-13(14,15)7-4-11/h2,5,8,10-11,17H,3-4,6-7,9H2,1H3. The molecule has 1 aliphatic heterocycles. The topological polar surface area (TPSA) is 32.6 Å². The third-order valence-electron chi connectivity index (χ3n) is 3.96. The summed E-state index contributed by atoms with van der Waals surface area (Å²) in [6.45, 7) is 1.71. The van der Waals surface area contributed by atoms with Crippen LogP contribution in [0.2, 0.25) is 0 Å². The van der Waals surface area contributed by atoms with Crippen molar-refractivity contribution in [3.8, 4) is 0 Å². The number of halogens is 2. The molecule has 0 aromatic rings. The summed E-state index contributed by atoms with van der Waals surface area (Å²) in [5.41, 5.74) is -0.572. The Bertz CT molecular complexity index is 314. The summed E-state index contributed by atoms with van der Waals surface area (Å²) in [6, 6.07) is 0. The van der Waals surface area contributed by atoms with Gasteiger partial charge in [0.25, 0.3) is 0 Å². The van der Waals surface area contributed by atoms with Gasteiger partial charge in [-0.3, -0.25) is 4.99 Å². The predicted molar refractivity (Wildman–Crippen MR) is 63.6 cm³/mol. The van der Waals surface area contributed by atoms with E-state index in [0.29, 0.717) is 19.3 Å². The Balaban J connectivity index is 1.97. The molecule has 1 N–H and O–H groups in total. The lowest BCUT2D eigenvalue weighted by molar-refractivity contribution is -0.0496. The summed E-state index contributed by atoms with van der Waals surface area (Å²) >= 11 is 0. The van der Waals surface area contributed by atoms with Crippen molar-refractivity contribution in [2.75, 3.05) is 0 Å². The van der Waals surface area contributed by atoms with Crippen molar-refractivity contribution in [3.05, 3.63) is 12.2 Å². The fraction of sp³-hybridized carbons (Fsp3) is 0.769. The number of allylic oxidation sites excluding steroid dienone is 1. The van der Waals surface area contributed by atoms with Crippen molar-refractivity contribution in [3.63, 3.8) is 0 Å². The first-order valence-corrected chi connectivity index (χ1v) is 6.22. The summed E-state index contributed by atoms with van der Waals surface area (Å²) < 4.78 is 26.1. The number of aliphatic hydroxyl groups excluding tert-OH is 1. The number of hydrogen-bond donors (Lipinski definition) is 1. The highest BCUT2D eigenvalue weighted by Crippen LogP contribution is 2.41. The molecule has 0 radical (unpaired) electrons. The molecule has 2 nitrogen and oxygen atoms in total.